The highest BCUT2D eigenvalue weighted by molar-refractivity contribution is 5.67. The predicted molar refractivity (Wildman–Crippen MR) is 69.2 cm³/mol. The van der Waals surface area contributed by atoms with Gasteiger partial charge >= 0.3 is 6.09 Å². The molecule has 0 unspecified atom stereocenters. The van der Waals surface area contributed by atoms with Crippen LogP contribution >= 0.6 is 0 Å². The molecule has 0 fully saturated rings. The second-order valence-electron chi connectivity index (χ2n) is 3.99. The molecule has 0 bridgehead atoms. The number of hydrogen-bond acceptors (Lipinski definition) is 3. The first-order valence-electron chi connectivity index (χ1n) is 6.21. The fourth-order valence-corrected chi connectivity index (χ4v) is 1.49. The molecule has 0 aliphatic carbocycles. The Kier molecular flexibility index (Phi) is 7.28. The molecule has 4 heteroatoms. The minimum Gasteiger partial charge on any atom is -0.450 e. The molecule has 18 heavy (non-hydrogen) atoms. The number of unbranched alkanes of at least 4 members (excludes halogenated alkanes) is 3. The summed E-state index contributed by atoms with van der Waals surface area (Å²) in [5, 5.41) is 2.68. The standard InChI is InChI=1S/C14H19NO3/c16-10-6-1-2-7-11-18-14(17)15-12-13-8-4-3-5-9-13/h3-5,8-10H,1-2,6-7,11-12H2,(H,15,17). The lowest BCUT2D eigenvalue weighted by atomic mass is 10.2. The first kappa shape index (κ1) is 14.2. The highest BCUT2D eigenvalue weighted by Gasteiger charge is 2.01. The Morgan fingerprint density at radius 3 is 2.67 bits per heavy atom. The molecule has 0 spiro atoms. The van der Waals surface area contributed by atoms with Crippen molar-refractivity contribution < 1.29 is 14.3 Å². The van der Waals surface area contributed by atoms with Crippen LogP contribution in [-0.2, 0) is 16.1 Å². The van der Waals surface area contributed by atoms with E-state index in [1.807, 2.05) is 30.3 Å². The Morgan fingerprint density at radius 2 is 1.94 bits per heavy atom. The number of hydrogen-bond donors (Lipinski definition) is 1. The van der Waals surface area contributed by atoms with Gasteiger partial charge in [-0.2, -0.15) is 0 Å². The lowest BCUT2D eigenvalue weighted by Gasteiger charge is -2.06. The number of amides is 1. The number of rotatable bonds is 8. The van der Waals surface area contributed by atoms with E-state index < -0.39 is 6.09 Å². The highest BCUT2D eigenvalue weighted by atomic mass is 16.5. The second kappa shape index (κ2) is 9.22. The van der Waals surface area contributed by atoms with E-state index in [0.717, 1.165) is 31.1 Å². The van der Waals surface area contributed by atoms with Gasteiger partial charge in [0.05, 0.1) is 6.61 Å². The molecule has 0 radical (unpaired) electrons. The Morgan fingerprint density at radius 1 is 1.17 bits per heavy atom. The molecular formula is C14H19NO3. The van der Waals surface area contributed by atoms with Crippen molar-refractivity contribution in [1.29, 1.82) is 0 Å². The summed E-state index contributed by atoms with van der Waals surface area (Å²) in [6.07, 6.45) is 3.66. The SMILES string of the molecule is O=CCCCCCOC(=O)NCc1ccccc1. The summed E-state index contributed by atoms with van der Waals surface area (Å²) < 4.78 is 5.01. The number of aldehydes is 1. The van der Waals surface area contributed by atoms with Crippen LogP contribution in [0.1, 0.15) is 31.2 Å². The maximum absolute atomic E-state index is 11.3. The summed E-state index contributed by atoms with van der Waals surface area (Å²) in [4.78, 5) is 21.4. The quantitative estimate of drug-likeness (QED) is 0.569. The van der Waals surface area contributed by atoms with Crippen molar-refractivity contribution >= 4 is 12.4 Å². The summed E-state index contributed by atoms with van der Waals surface area (Å²) in [5.41, 5.74) is 1.04. The van der Waals surface area contributed by atoms with Crippen molar-refractivity contribution in [2.24, 2.45) is 0 Å². The van der Waals surface area contributed by atoms with E-state index in [2.05, 4.69) is 5.32 Å². The van der Waals surface area contributed by atoms with Gasteiger partial charge in [0.25, 0.3) is 0 Å². The van der Waals surface area contributed by atoms with Crippen molar-refractivity contribution in [2.75, 3.05) is 6.61 Å². The van der Waals surface area contributed by atoms with E-state index in [1.54, 1.807) is 0 Å². The molecule has 0 aliphatic rings. The van der Waals surface area contributed by atoms with E-state index in [1.165, 1.54) is 0 Å². The van der Waals surface area contributed by atoms with Crippen LogP contribution in [0.4, 0.5) is 4.79 Å². The van der Waals surface area contributed by atoms with Gasteiger partial charge in [0.2, 0.25) is 0 Å². The van der Waals surface area contributed by atoms with Gasteiger partial charge in [-0.15, -0.1) is 0 Å². The Balaban J connectivity index is 2.02. The summed E-state index contributed by atoms with van der Waals surface area (Å²) >= 11 is 0. The molecule has 0 saturated heterocycles. The Bertz CT molecular complexity index is 351. The molecule has 0 aliphatic heterocycles. The Hall–Kier alpha value is -1.84. The van der Waals surface area contributed by atoms with Crippen molar-refractivity contribution in [2.45, 2.75) is 32.2 Å². The molecule has 98 valence electrons. The predicted octanol–water partition coefficient (Wildman–Crippen LogP) is 2.67. The van der Waals surface area contributed by atoms with E-state index in [0.29, 0.717) is 19.6 Å². The van der Waals surface area contributed by atoms with Crippen LogP contribution in [-0.4, -0.2) is 19.0 Å². The third-order valence-electron chi connectivity index (χ3n) is 2.48. The van der Waals surface area contributed by atoms with Gasteiger partial charge in [0.15, 0.2) is 0 Å². The topological polar surface area (TPSA) is 55.4 Å². The summed E-state index contributed by atoms with van der Waals surface area (Å²) in [5.74, 6) is 0. The van der Waals surface area contributed by atoms with Crippen LogP contribution in [0.3, 0.4) is 0 Å². The number of nitrogens with one attached hydrogen (secondary N) is 1. The largest absolute Gasteiger partial charge is 0.450 e. The van der Waals surface area contributed by atoms with Gasteiger partial charge in [-0.05, 0) is 24.8 Å². The Labute approximate surface area is 107 Å². The smallest absolute Gasteiger partial charge is 0.407 e. The van der Waals surface area contributed by atoms with Crippen LogP contribution in [0.25, 0.3) is 0 Å². The molecule has 0 atom stereocenters. The maximum atomic E-state index is 11.3. The molecule has 1 amide bonds. The van der Waals surface area contributed by atoms with Crippen LogP contribution in [0.2, 0.25) is 0 Å². The van der Waals surface area contributed by atoms with E-state index in [9.17, 15) is 9.59 Å². The molecule has 0 saturated carbocycles. The zero-order chi connectivity index (χ0) is 13.1. The maximum Gasteiger partial charge on any atom is 0.407 e. The van der Waals surface area contributed by atoms with Gasteiger partial charge < -0.3 is 14.8 Å². The number of ether oxygens (including phenoxy) is 1. The van der Waals surface area contributed by atoms with E-state index in [-0.39, 0.29) is 0 Å². The second-order valence-corrected chi connectivity index (χ2v) is 3.99. The first-order chi connectivity index (χ1) is 8.83. The van der Waals surface area contributed by atoms with Crippen LogP contribution in [0, 0.1) is 0 Å². The first-order valence-corrected chi connectivity index (χ1v) is 6.21. The third-order valence-corrected chi connectivity index (χ3v) is 2.48. The lowest BCUT2D eigenvalue weighted by Crippen LogP contribution is -2.24. The summed E-state index contributed by atoms with van der Waals surface area (Å²) in [7, 11) is 0. The van der Waals surface area contributed by atoms with Crippen LogP contribution in [0.15, 0.2) is 30.3 Å². The van der Waals surface area contributed by atoms with Crippen LogP contribution < -0.4 is 5.32 Å². The number of carbonyl (C=O) groups is 2. The van der Waals surface area contributed by atoms with Crippen molar-refractivity contribution in [3.8, 4) is 0 Å². The van der Waals surface area contributed by atoms with Gasteiger partial charge in [-0.25, -0.2) is 4.79 Å². The van der Waals surface area contributed by atoms with E-state index >= 15 is 0 Å². The van der Waals surface area contributed by atoms with Gasteiger partial charge in [0.1, 0.15) is 6.29 Å². The van der Waals surface area contributed by atoms with Crippen molar-refractivity contribution in [3.05, 3.63) is 35.9 Å². The third kappa shape index (κ3) is 6.68. The number of alkyl carbamates (subject to hydrolysis) is 1. The average molecular weight is 249 g/mol. The van der Waals surface area contributed by atoms with E-state index in [4.69, 9.17) is 4.74 Å². The molecule has 1 aromatic carbocycles. The fourth-order valence-electron chi connectivity index (χ4n) is 1.49. The fraction of sp³-hybridized carbons (Fsp3) is 0.429. The van der Waals surface area contributed by atoms with Gasteiger partial charge in [-0.1, -0.05) is 30.3 Å². The monoisotopic (exact) mass is 249 g/mol. The lowest BCUT2D eigenvalue weighted by molar-refractivity contribution is -0.107. The summed E-state index contributed by atoms with van der Waals surface area (Å²) in [6.45, 7) is 0.879. The zero-order valence-electron chi connectivity index (χ0n) is 10.4. The highest BCUT2D eigenvalue weighted by Crippen LogP contribution is 1.99. The normalized spacial score (nSPS) is 9.78. The van der Waals surface area contributed by atoms with Gasteiger partial charge in [-0.3, -0.25) is 0 Å². The average Bonchev–Trinajstić information content (AvgIpc) is 2.41. The van der Waals surface area contributed by atoms with Crippen molar-refractivity contribution in [1.82, 2.24) is 5.32 Å². The molecule has 0 aromatic heterocycles. The number of carbonyl (C=O) groups excluding carboxylic acids is 2. The molecule has 1 aromatic rings. The minimum absolute atomic E-state index is 0.394. The molecular weight excluding hydrogens is 230 g/mol. The zero-order valence-corrected chi connectivity index (χ0v) is 10.4. The summed E-state index contributed by atoms with van der Waals surface area (Å²) in [6, 6.07) is 9.67. The van der Waals surface area contributed by atoms with Crippen molar-refractivity contribution in [3.63, 3.8) is 0 Å². The molecule has 1 rings (SSSR count). The minimum atomic E-state index is -0.394. The molecule has 4 nitrogen and oxygen atoms in total. The molecule has 0 heterocycles. The molecule has 1 N–H and O–H groups in total. The number of benzene rings is 1. The van der Waals surface area contributed by atoms with Gasteiger partial charge in [0, 0.05) is 13.0 Å². The van der Waals surface area contributed by atoms with Crippen LogP contribution in [0.5, 0.6) is 0 Å².